The van der Waals surface area contributed by atoms with Gasteiger partial charge in [-0.25, -0.2) is 14.4 Å². The SMILES string of the molecule is CN=C(NCCNc1nccc(C(F)(F)F)n1)NCCc1ccccc1F. The van der Waals surface area contributed by atoms with Gasteiger partial charge in [-0.15, -0.1) is 0 Å². The van der Waals surface area contributed by atoms with Gasteiger partial charge in [-0.3, -0.25) is 4.99 Å². The minimum Gasteiger partial charge on any atom is -0.356 e. The third-order valence-corrected chi connectivity index (χ3v) is 3.51. The van der Waals surface area contributed by atoms with Crippen molar-refractivity contribution in [3.63, 3.8) is 0 Å². The molecule has 0 saturated carbocycles. The van der Waals surface area contributed by atoms with E-state index in [1.165, 1.54) is 6.07 Å². The van der Waals surface area contributed by atoms with Crippen LogP contribution < -0.4 is 16.0 Å². The highest BCUT2D eigenvalue weighted by Gasteiger charge is 2.32. The summed E-state index contributed by atoms with van der Waals surface area (Å²) >= 11 is 0. The first-order valence-corrected chi connectivity index (χ1v) is 8.22. The Morgan fingerprint density at radius 1 is 1.07 bits per heavy atom. The maximum Gasteiger partial charge on any atom is 0.433 e. The maximum atomic E-state index is 13.5. The molecule has 0 fully saturated rings. The van der Waals surface area contributed by atoms with Crippen LogP contribution in [-0.2, 0) is 12.6 Å². The van der Waals surface area contributed by atoms with Crippen LogP contribution in [0, 0.1) is 5.82 Å². The Labute approximate surface area is 154 Å². The molecule has 0 unspecified atom stereocenters. The van der Waals surface area contributed by atoms with Crippen molar-refractivity contribution in [1.82, 2.24) is 20.6 Å². The Kier molecular flexibility index (Phi) is 7.33. The highest BCUT2D eigenvalue weighted by atomic mass is 19.4. The lowest BCUT2D eigenvalue weighted by molar-refractivity contribution is -0.141. The van der Waals surface area contributed by atoms with Crippen molar-refractivity contribution in [2.24, 2.45) is 4.99 Å². The van der Waals surface area contributed by atoms with Crippen LogP contribution in [0.25, 0.3) is 0 Å². The van der Waals surface area contributed by atoms with E-state index in [1.807, 2.05) is 0 Å². The fourth-order valence-electron chi connectivity index (χ4n) is 2.19. The first-order valence-electron chi connectivity index (χ1n) is 8.22. The summed E-state index contributed by atoms with van der Waals surface area (Å²) in [5, 5.41) is 8.74. The van der Waals surface area contributed by atoms with Gasteiger partial charge in [0, 0.05) is 32.9 Å². The lowest BCUT2D eigenvalue weighted by Gasteiger charge is -2.13. The van der Waals surface area contributed by atoms with E-state index in [2.05, 4.69) is 30.9 Å². The van der Waals surface area contributed by atoms with Crippen LogP contribution in [0.3, 0.4) is 0 Å². The molecule has 0 aliphatic carbocycles. The summed E-state index contributed by atoms with van der Waals surface area (Å²) in [6.45, 7) is 1.14. The Balaban J connectivity index is 1.71. The molecular formula is C17H20F4N6. The molecule has 146 valence electrons. The van der Waals surface area contributed by atoms with Gasteiger partial charge < -0.3 is 16.0 Å². The lowest BCUT2D eigenvalue weighted by Crippen LogP contribution is -2.40. The number of rotatable bonds is 7. The van der Waals surface area contributed by atoms with Crippen molar-refractivity contribution >= 4 is 11.9 Å². The molecule has 0 aliphatic heterocycles. The van der Waals surface area contributed by atoms with Crippen LogP contribution in [0.5, 0.6) is 0 Å². The molecule has 0 radical (unpaired) electrons. The van der Waals surface area contributed by atoms with Crippen LogP contribution in [-0.4, -0.2) is 42.6 Å². The van der Waals surface area contributed by atoms with E-state index in [-0.39, 0.29) is 18.3 Å². The van der Waals surface area contributed by atoms with Crippen LogP contribution >= 0.6 is 0 Å². The molecule has 0 aliphatic rings. The van der Waals surface area contributed by atoms with Crippen molar-refractivity contribution < 1.29 is 17.6 Å². The number of alkyl halides is 3. The van der Waals surface area contributed by atoms with E-state index < -0.39 is 11.9 Å². The Bertz CT molecular complexity index is 763. The van der Waals surface area contributed by atoms with Crippen molar-refractivity contribution in [2.75, 3.05) is 32.0 Å². The summed E-state index contributed by atoms with van der Waals surface area (Å²) in [4.78, 5) is 11.2. The van der Waals surface area contributed by atoms with Crippen molar-refractivity contribution in [1.29, 1.82) is 0 Å². The largest absolute Gasteiger partial charge is 0.433 e. The fraction of sp³-hybridized carbons (Fsp3) is 0.353. The second-order valence-corrected chi connectivity index (χ2v) is 5.46. The molecule has 0 bridgehead atoms. The molecule has 0 spiro atoms. The quantitative estimate of drug-likeness (QED) is 0.296. The zero-order valence-electron chi connectivity index (χ0n) is 14.6. The average Bonchev–Trinajstić information content (AvgIpc) is 2.64. The minimum atomic E-state index is -4.51. The predicted octanol–water partition coefficient (Wildman–Crippen LogP) is 2.45. The molecule has 1 aromatic heterocycles. The monoisotopic (exact) mass is 384 g/mol. The number of nitrogens with one attached hydrogen (secondary N) is 3. The number of benzene rings is 1. The summed E-state index contributed by atoms with van der Waals surface area (Å²) in [7, 11) is 1.59. The summed E-state index contributed by atoms with van der Waals surface area (Å²) in [5.41, 5.74) is -0.401. The third-order valence-electron chi connectivity index (χ3n) is 3.51. The van der Waals surface area contributed by atoms with E-state index in [4.69, 9.17) is 0 Å². The van der Waals surface area contributed by atoms with E-state index in [0.717, 1.165) is 12.3 Å². The average molecular weight is 384 g/mol. The second kappa shape index (κ2) is 9.70. The van der Waals surface area contributed by atoms with Gasteiger partial charge in [-0.2, -0.15) is 13.2 Å². The van der Waals surface area contributed by atoms with E-state index in [9.17, 15) is 17.6 Å². The summed E-state index contributed by atoms with van der Waals surface area (Å²) in [6.07, 6.45) is -2.97. The molecule has 1 aromatic carbocycles. The van der Waals surface area contributed by atoms with E-state index in [0.29, 0.717) is 31.0 Å². The van der Waals surface area contributed by atoms with Crippen LogP contribution in [0.4, 0.5) is 23.5 Å². The number of anilines is 1. The topological polar surface area (TPSA) is 74.2 Å². The molecule has 27 heavy (non-hydrogen) atoms. The Morgan fingerprint density at radius 2 is 1.81 bits per heavy atom. The van der Waals surface area contributed by atoms with Crippen molar-refractivity contribution in [3.05, 3.63) is 53.6 Å². The van der Waals surface area contributed by atoms with Gasteiger partial charge in [0.1, 0.15) is 11.5 Å². The van der Waals surface area contributed by atoms with Gasteiger partial charge in [0.25, 0.3) is 0 Å². The van der Waals surface area contributed by atoms with Crippen molar-refractivity contribution in [3.8, 4) is 0 Å². The smallest absolute Gasteiger partial charge is 0.356 e. The molecule has 0 amide bonds. The maximum absolute atomic E-state index is 13.5. The molecule has 10 heteroatoms. The number of hydrogen-bond acceptors (Lipinski definition) is 4. The Morgan fingerprint density at radius 3 is 2.52 bits per heavy atom. The molecule has 1 heterocycles. The standard InChI is InChI=1S/C17H20F4N6/c1-22-15(23-8-6-12-4-2-3-5-13(12)18)25-10-11-26-16-24-9-7-14(27-16)17(19,20)21/h2-5,7,9H,6,8,10-11H2,1H3,(H2,22,23,25)(H,24,26,27). The number of halogens is 4. The lowest BCUT2D eigenvalue weighted by atomic mass is 10.1. The molecule has 3 N–H and O–H groups in total. The number of aliphatic imine (C=N–C) groups is 1. The van der Waals surface area contributed by atoms with Gasteiger partial charge in [0.05, 0.1) is 0 Å². The highest BCUT2D eigenvalue weighted by Crippen LogP contribution is 2.27. The number of guanidine groups is 1. The van der Waals surface area contributed by atoms with Gasteiger partial charge in [-0.1, -0.05) is 18.2 Å². The summed E-state index contributed by atoms with van der Waals surface area (Å²) in [5.74, 6) is 0.139. The summed E-state index contributed by atoms with van der Waals surface area (Å²) in [6, 6.07) is 7.34. The van der Waals surface area contributed by atoms with Gasteiger partial charge in [0.15, 0.2) is 5.96 Å². The molecular weight excluding hydrogens is 364 g/mol. The molecule has 6 nitrogen and oxygen atoms in total. The Hall–Kier alpha value is -2.91. The van der Waals surface area contributed by atoms with E-state index >= 15 is 0 Å². The van der Waals surface area contributed by atoms with Crippen molar-refractivity contribution in [2.45, 2.75) is 12.6 Å². The highest BCUT2D eigenvalue weighted by molar-refractivity contribution is 5.79. The third kappa shape index (κ3) is 6.72. The predicted molar refractivity (Wildman–Crippen MR) is 95.0 cm³/mol. The van der Waals surface area contributed by atoms with Crippen LogP contribution in [0.15, 0.2) is 41.5 Å². The molecule has 0 saturated heterocycles. The number of aromatic nitrogens is 2. The fourth-order valence-corrected chi connectivity index (χ4v) is 2.19. The first-order chi connectivity index (χ1) is 12.9. The minimum absolute atomic E-state index is 0.103. The first kappa shape index (κ1) is 20.4. The summed E-state index contributed by atoms with van der Waals surface area (Å²) < 4.78 is 51.3. The van der Waals surface area contributed by atoms with Gasteiger partial charge in [-0.05, 0) is 24.1 Å². The zero-order chi connectivity index (χ0) is 19.7. The zero-order valence-corrected chi connectivity index (χ0v) is 14.6. The van der Waals surface area contributed by atoms with E-state index in [1.54, 1.807) is 25.2 Å². The molecule has 0 atom stereocenters. The van der Waals surface area contributed by atoms with Crippen LogP contribution in [0.2, 0.25) is 0 Å². The second-order valence-electron chi connectivity index (χ2n) is 5.46. The normalized spacial score (nSPS) is 12.0. The van der Waals surface area contributed by atoms with Gasteiger partial charge in [0.2, 0.25) is 5.95 Å². The van der Waals surface area contributed by atoms with Gasteiger partial charge >= 0.3 is 6.18 Å². The van der Waals surface area contributed by atoms with Crippen LogP contribution in [0.1, 0.15) is 11.3 Å². The molecule has 2 aromatic rings. The number of hydrogen-bond donors (Lipinski definition) is 3. The molecule has 2 rings (SSSR count). The number of nitrogens with zero attached hydrogens (tertiary/aromatic N) is 3.